The van der Waals surface area contributed by atoms with Crippen LogP contribution in [0.4, 0.5) is 0 Å². The molecule has 2 atom stereocenters. The molecule has 0 aromatic heterocycles. The molecule has 1 aromatic carbocycles. The average Bonchev–Trinajstić information content (AvgIpc) is 2.77. The summed E-state index contributed by atoms with van der Waals surface area (Å²) in [6.07, 6.45) is 2.30. The van der Waals surface area contributed by atoms with Crippen LogP contribution in [0.5, 0.6) is 0 Å². The predicted molar refractivity (Wildman–Crippen MR) is 134 cm³/mol. The quantitative estimate of drug-likeness (QED) is 0.238. The molecule has 2 aliphatic rings. The lowest BCUT2D eigenvalue weighted by molar-refractivity contribution is -0.149. The van der Waals surface area contributed by atoms with Crippen LogP contribution in [0, 0.1) is 5.92 Å². The van der Waals surface area contributed by atoms with Crippen LogP contribution in [0.1, 0.15) is 37.8 Å². The van der Waals surface area contributed by atoms with E-state index in [0.29, 0.717) is 26.2 Å². The molecule has 0 aliphatic carbocycles. The molecule has 1 saturated heterocycles. The highest BCUT2D eigenvalue weighted by Crippen LogP contribution is 2.19. The van der Waals surface area contributed by atoms with Crippen molar-refractivity contribution in [1.82, 2.24) is 15.1 Å². The van der Waals surface area contributed by atoms with E-state index in [-0.39, 0.29) is 35.9 Å². The SMILES string of the molecule is CCNC(=NCC(O)CN1CCc2ccccc2C1)N1CCCC(C(=O)OCC)C1.I. The van der Waals surface area contributed by atoms with Crippen molar-refractivity contribution in [3.63, 3.8) is 0 Å². The highest BCUT2D eigenvalue weighted by atomic mass is 127. The highest BCUT2D eigenvalue weighted by Gasteiger charge is 2.28. The number of aliphatic hydroxyl groups excluding tert-OH is 1. The fraction of sp³-hybridized carbons (Fsp3) is 0.652. The van der Waals surface area contributed by atoms with E-state index in [2.05, 4.69) is 44.4 Å². The molecule has 7 nitrogen and oxygen atoms in total. The molecule has 8 heteroatoms. The summed E-state index contributed by atoms with van der Waals surface area (Å²) in [7, 11) is 0. The van der Waals surface area contributed by atoms with Gasteiger partial charge in [-0.05, 0) is 44.2 Å². The number of carbonyl (C=O) groups excluding carboxylic acids is 1. The van der Waals surface area contributed by atoms with Gasteiger partial charge in [0.1, 0.15) is 0 Å². The smallest absolute Gasteiger partial charge is 0.310 e. The molecule has 0 radical (unpaired) electrons. The number of aliphatic hydroxyl groups is 1. The van der Waals surface area contributed by atoms with Crippen LogP contribution in [0.3, 0.4) is 0 Å². The van der Waals surface area contributed by atoms with E-state index < -0.39 is 6.10 Å². The van der Waals surface area contributed by atoms with Crippen molar-refractivity contribution in [3.05, 3.63) is 35.4 Å². The molecule has 2 N–H and O–H groups in total. The number of esters is 1. The van der Waals surface area contributed by atoms with Crippen molar-refractivity contribution in [3.8, 4) is 0 Å². The third-order valence-corrected chi connectivity index (χ3v) is 5.81. The molecule has 0 spiro atoms. The van der Waals surface area contributed by atoms with Gasteiger partial charge in [-0.2, -0.15) is 0 Å². The van der Waals surface area contributed by atoms with Gasteiger partial charge in [-0.3, -0.25) is 14.7 Å². The number of likely N-dealkylation sites (tertiary alicyclic amines) is 1. The number of carbonyl (C=O) groups is 1. The van der Waals surface area contributed by atoms with Gasteiger partial charge in [0.25, 0.3) is 0 Å². The minimum atomic E-state index is -0.519. The standard InChI is InChI=1S/C23H36N4O3.HI/c1-3-24-23(27-12-7-10-20(16-27)22(29)30-4-2)25-14-21(28)17-26-13-11-18-8-5-6-9-19(18)15-26;/h5-6,8-9,20-21,28H,3-4,7,10-17H2,1-2H3,(H,24,25);1H. The van der Waals surface area contributed by atoms with Gasteiger partial charge >= 0.3 is 5.97 Å². The number of benzene rings is 1. The second-order valence-corrected chi connectivity index (χ2v) is 8.14. The van der Waals surface area contributed by atoms with Gasteiger partial charge in [-0.25, -0.2) is 0 Å². The fourth-order valence-electron chi connectivity index (χ4n) is 4.31. The van der Waals surface area contributed by atoms with E-state index in [4.69, 9.17) is 4.74 Å². The number of halogens is 1. The van der Waals surface area contributed by atoms with Crippen LogP contribution < -0.4 is 5.32 Å². The first-order valence-corrected chi connectivity index (χ1v) is 11.3. The molecule has 2 heterocycles. The Balaban J connectivity index is 0.00000341. The van der Waals surface area contributed by atoms with E-state index in [9.17, 15) is 9.90 Å². The number of nitrogens with one attached hydrogen (secondary N) is 1. The van der Waals surface area contributed by atoms with Crippen LogP contribution in [0.2, 0.25) is 0 Å². The lowest BCUT2D eigenvalue weighted by Gasteiger charge is -2.34. The van der Waals surface area contributed by atoms with Gasteiger partial charge < -0.3 is 20.1 Å². The van der Waals surface area contributed by atoms with E-state index in [0.717, 1.165) is 51.4 Å². The number of piperidine rings is 1. The van der Waals surface area contributed by atoms with E-state index in [1.165, 1.54) is 11.1 Å². The first-order valence-electron chi connectivity index (χ1n) is 11.3. The monoisotopic (exact) mass is 544 g/mol. The van der Waals surface area contributed by atoms with E-state index >= 15 is 0 Å². The molecular weight excluding hydrogens is 507 g/mol. The number of hydrogen-bond donors (Lipinski definition) is 2. The Morgan fingerprint density at radius 3 is 2.81 bits per heavy atom. The van der Waals surface area contributed by atoms with Crippen LogP contribution >= 0.6 is 24.0 Å². The Kier molecular flexibility index (Phi) is 11.0. The Labute approximate surface area is 203 Å². The van der Waals surface area contributed by atoms with Crippen LogP contribution in [-0.2, 0) is 22.5 Å². The number of ether oxygens (including phenoxy) is 1. The van der Waals surface area contributed by atoms with Crippen molar-refractivity contribution in [2.75, 3.05) is 45.9 Å². The molecule has 0 bridgehead atoms. The van der Waals surface area contributed by atoms with Crippen LogP contribution in [0.15, 0.2) is 29.3 Å². The minimum Gasteiger partial charge on any atom is -0.466 e. The lowest BCUT2D eigenvalue weighted by Crippen LogP contribution is -2.48. The van der Waals surface area contributed by atoms with Crippen molar-refractivity contribution in [2.24, 2.45) is 10.9 Å². The summed E-state index contributed by atoms with van der Waals surface area (Å²) >= 11 is 0. The largest absolute Gasteiger partial charge is 0.466 e. The summed E-state index contributed by atoms with van der Waals surface area (Å²) in [6.45, 7) is 9.31. The second-order valence-electron chi connectivity index (χ2n) is 8.14. The van der Waals surface area contributed by atoms with Gasteiger partial charge in [0.15, 0.2) is 5.96 Å². The molecular formula is C23H37IN4O3. The molecule has 31 heavy (non-hydrogen) atoms. The zero-order valence-electron chi connectivity index (χ0n) is 18.8. The summed E-state index contributed by atoms with van der Waals surface area (Å²) in [5.74, 6) is 0.541. The first-order chi connectivity index (χ1) is 14.6. The summed E-state index contributed by atoms with van der Waals surface area (Å²) in [4.78, 5) is 21.3. The number of hydrogen-bond acceptors (Lipinski definition) is 5. The van der Waals surface area contributed by atoms with Crippen molar-refractivity contribution in [2.45, 2.75) is 45.8 Å². The topological polar surface area (TPSA) is 77.4 Å². The molecule has 2 aliphatic heterocycles. The lowest BCUT2D eigenvalue weighted by atomic mass is 9.98. The molecule has 0 saturated carbocycles. The second kappa shape index (κ2) is 13.2. The predicted octanol–water partition coefficient (Wildman–Crippen LogP) is 2.26. The summed E-state index contributed by atoms with van der Waals surface area (Å²) in [6, 6.07) is 8.53. The Morgan fingerprint density at radius 1 is 1.29 bits per heavy atom. The minimum absolute atomic E-state index is 0. The number of fused-ring (bicyclic) bond motifs is 1. The number of β-amino-alcohol motifs (C(OH)–C–C–N with tert-alkyl or cyclic N) is 1. The van der Waals surface area contributed by atoms with E-state index in [1.54, 1.807) is 0 Å². The molecule has 1 aromatic rings. The summed E-state index contributed by atoms with van der Waals surface area (Å²) in [5.41, 5.74) is 2.77. The Hall–Kier alpha value is -1.39. The molecule has 174 valence electrons. The number of nitrogens with zero attached hydrogens (tertiary/aromatic N) is 3. The third kappa shape index (κ3) is 7.61. The van der Waals surface area contributed by atoms with Gasteiger partial charge in [-0.15, -0.1) is 24.0 Å². The number of rotatable bonds is 7. The highest BCUT2D eigenvalue weighted by molar-refractivity contribution is 14.0. The first kappa shape index (κ1) is 25.9. The maximum atomic E-state index is 12.1. The molecule has 1 fully saturated rings. The number of aliphatic imine (C=N–C) groups is 1. The third-order valence-electron chi connectivity index (χ3n) is 5.81. The average molecular weight is 544 g/mol. The normalized spacial score (nSPS) is 20.4. The van der Waals surface area contributed by atoms with Gasteiger partial charge in [0.05, 0.1) is 25.2 Å². The van der Waals surface area contributed by atoms with Crippen molar-refractivity contribution < 1.29 is 14.6 Å². The molecule has 2 unspecified atom stereocenters. The summed E-state index contributed by atoms with van der Waals surface area (Å²) < 4.78 is 5.21. The van der Waals surface area contributed by atoms with Gasteiger partial charge in [0, 0.05) is 39.3 Å². The Morgan fingerprint density at radius 2 is 2.06 bits per heavy atom. The zero-order chi connectivity index (χ0) is 21.3. The van der Waals surface area contributed by atoms with Crippen molar-refractivity contribution >= 4 is 35.9 Å². The van der Waals surface area contributed by atoms with Crippen LogP contribution in [0.25, 0.3) is 0 Å². The van der Waals surface area contributed by atoms with Crippen LogP contribution in [-0.4, -0.2) is 78.8 Å². The maximum absolute atomic E-state index is 12.1. The molecule has 0 amide bonds. The summed E-state index contributed by atoms with van der Waals surface area (Å²) in [5, 5.41) is 13.9. The maximum Gasteiger partial charge on any atom is 0.310 e. The molecule has 3 rings (SSSR count). The van der Waals surface area contributed by atoms with Crippen molar-refractivity contribution in [1.29, 1.82) is 0 Å². The number of guanidine groups is 1. The Bertz CT molecular complexity index is 731. The zero-order valence-corrected chi connectivity index (χ0v) is 21.1. The van der Waals surface area contributed by atoms with Gasteiger partial charge in [0.2, 0.25) is 0 Å². The fourth-order valence-corrected chi connectivity index (χ4v) is 4.31. The van der Waals surface area contributed by atoms with E-state index in [1.807, 2.05) is 13.8 Å². The van der Waals surface area contributed by atoms with Gasteiger partial charge in [-0.1, -0.05) is 24.3 Å².